The number of rotatable bonds is 6. The zero-order chi connectivity index (χ0) is 23.7. The lowest BCUT2D eigenvalue weighted by molar-refractivity contribution is -0.120. The molecule has 33 heavy (non-hydrogen) atoms. The molecule has 0 saturated carbocycles. The van der Waals surface area contributed by atoms with Gasteiger partial charge in [0.05, 0.1) is 17.4 Å². The van der Waals surface area contributed by atoms with Crippen LogP contribution in [0.5, 0.6) is 5.75 Å². The third-order valence-electron chi connectivity index (χ3n) is 5.19. The molecule has 0 radical (unpaired) electrons. The van der Waals surface area contributed by atoms with Crippen molar-refractivity contribution in [3.8, 4) is 5.75 Å². The van der Waals surface area contributed by atoms with Gasteiger partial charge in [-0.25, -0.2) is 9.29 Å². The third-order valence-corrected chi connectivity index (χ3v) is 5.60. The SMILES string of the molecule is Cc1c(Cl)cccc1N1C(=O)C(Nc2ccc(OC(C)C)cc2)=C(c2ccc(F)cc2)C1=O. The normalized spacial score (nSPS) is 13.8. The number of benzene rings is 3. The van der Waals surface area contributed by atoms with Crippen LogP contribution >= 0.6 is 11.6 Å². The van der Waals surface area contributed by atoms with Crippen LogP contribution in [0.1, 0.15) is 25.0 Å². The number of halogens is 2. The maximum Gasteiger partial charge on any atom is 0.282 e. The number of nitrogens with zero attached hydrogens (tertiary/aromatic N) is 1. The van der Waals surface area contributed by atoms with Crippen LogP contribution in [0.15, 0.2) is 72.4 Å². The summed E-state index contributed by atoms with van der Waals surface area (Å²) in [6, 6.07) is 17.6. The summed E-state index contributed by atoms with van der Waals surface area (Å²) in [5.74, 6) is -0.784. The summed E-state index contributed by atoms with van der Waals surface area (Å²) in [4.78, 5) is 28.1. The van der Waals surface area contributed by atoms with Gasteiger partial charge in [0.1, 0.15) is 17.3 Å². The minimum absolute atomic E-state index is 0.0279. The van der Waals surface area contributed by atoms with Gasteiger partial charge in [-0.05, 0) is 80.4 Å². The van der Waals surface area contributed by atoms with Gasteiger partial charge in [-0.3, -0.25) is 9.59 Å². The second-order valence-corrected chi connectivity index (χ2v) is 8.31. The number of nitrogens with one attached hydrogen (secondary N) is 1. The van der Waals surface area contributed by atoms with Crippen molar-refractivity contribution in [1.82, 2.24) is 0 Å². The highest BCUT2D eigenvalue weighted by molar-refractivity contribution is 6.46. The number of hydrogen-bond donors (Lipinski definition) is 1. The number of carbonyl (C=O) groups is 2. The molecule has 0 unspecified atom stereocenters. The van der Waals surface area contributed by atoms with Gasteiger partial charge in [-0.1, -0.05) is 29.8 Å². The second-order valence-electron chi connectivity index (χ2n) is 7.90. The van der Waals surface area contributed by atoms with E-state index in [0.717, 1.165) is 4.90 Å². The zero-order valence-corrected chi connectivity index (χ0v) is 19.1. The molecule has 0 fully saturated rings. The first-order chi connectivity index (χ1) is 15.8. The van der Waals surface area contributed by atoms with E-state index in [1.165, 1.54) is 24.3 Å². The van der Waals surface area contributed by atoms with E-state index in [4.69, 9.17) is 16.3 Å². The van der Waals surface area contributed by atoms with Crippen molar-refractivity contribution in [2.24, 2.45) is 0 Å². The number of ether oxygens (including phenoxy) is 1. The molecule has 0 saturated heterocycles. The summed E-state index contributed by atoms with van der Waals surface area (Å²) >= 11 is 6.24. The molecule has 0 aliphatic carbocycles. The van der Waals surface area contributed by atoms with Gasteiger partial charge in [0.15, 0.2) is 0 Å². The van der Waals surface area contributed by atoms with E-state index >= 15 is 0 Å². The Balaban J connectivity index is 1.77. The van der Waals surface area contributed by atoms with Crippen molar-refractivity contribution in [1.29, 1.82) is 0 Å². The van der Waals surface area contributed by atoms with Crippen LogP contribution in [0.25, 0.3) is 5.57 Å². The topological polar surface area (TPSA) is 58.6 Å². The molecular formula is C26H22ClFN2O3. The lowest BCUT2D eigenvalue weighted by Crippen LogP contribution is -2.33. The highest BCUT2D eigenvalue weighted by Crippen LogP contribution is 2.36. The average molecular weight is 465 g/mol. The Morgan fingerprint density at radius 1 is 0.939 bits per heavy atom. The predicted molar refractivity (Wildman–Crippen MR) is 128 cm³/mol. The molecule has 1 N–H and O–H groups in total. The van der Waals surface area contributed by atoms with Crippen molar-refractivity contribution in [3.63, 3.8) is 0 Å². The second kappa shape index (κ2) is 9.08. The smallest absolute Gasteiger partial charge is 0.282 e. The molecule has 2 amide bonds. The average Bonchev–Trinajstić information content (AvgIpc) is 3.01. The predicted octanol–water partition coefficient (Wildman–Crippen LogP) is 5.97. The molecule has 0 spiro atoms. The fourth-order valence-electron chi connectivity index (χ4n) is 3.62. The number of anilines is 2. The third kappa shape index (κ3) is 4.47. The van der Waals surface area contributed by atoms with Gasteiger partial charge >= 0.3 is 0 Å². The lowest BCUT2D eigenvalue weighted by atomic mass is 10.0. The van der Waals surface area contributed by atoms with Crippen molar-refractivity contribution in [3.05, 3.63) is 94.4 Å². The minimum Gasteiger partial charge on any atom is -0.491 e. The van der Waals surface area contributed by atoms with Crippen LogP contribution in [-0.2, 0) is 9.59 Å². The van der Waals surface area contributed by atoms with Crippen molar-refractivity contribution in [2.45, 2.75) is 26.9 Å². The fourth-order valence-corrected chi connectivity index (χ4v) is 3.79. The van der Waals surface area contributed by atoms with Crippen molar-refractivity contribution < 1.29 is 18.7 Å². The molecule has 1 aliphatic rings. The monoisotopic (exact) mass is 464 g/mol. The molecule has 0 bridgehead atoms. The maximum absolute atomic E-state index is 13.5. The van der Waals surface area contributed by atoms with E-state index in [9.17, 15) is 14.0 Å². The minimum atomic E-state index is -0.521. The Bertz CT molecular complexity index is 1250. The quantitative estimate of drug-likeness (QED) is 0.456. The zero-order valence-electron chi connectivity index (χ0n) is 18.4. The molecule has 168 valence electrons. The van der Waals surface area contributed by atoms with Crippen molar-refractivity contribution >= 4 is 40.4 Å². The van der Waals surface area contributed by atoms with Crippen LogP contribution in [0.4, 0.5) is 15.8 Å². The number of amides is 2. The Morgan fingerprint density at radius 3 is 2.24 bits per heavy atom. The highest BCUT2D eigenvalue weighted by Gasteiger charge is 2.41. The number of imide groups is 1. The molecule has 7 heteroatoms. The Kier molecular flexibility index (Phi) is 6.20. The Hall–Kier alpha value is -3.64. The van der Waals surface area contributed by atoms with Gasteiger partial charge in [0, 0.05) is 10.7 Å². The first kappa shape index (κ1) is 22.6. The fraction of sp³-hybridized carbons (Fsp3) is 0.154. The van der Waals surface area contributed by atoms with Gasteiger partial charge < -0.3 is 10.1 Å². The van der Waals surface area contributed by atoms with Crippen LogP contribution in [-0.4, -0.2) is 17.9 Å². The lowest BCUT2D eigenvalue weighted by Gasteiger charge is -2.18. The highest BCUT2D eigenvalue weighted by atomic mass is 35.5. The molecule has 0 aromatic heterocycles. The van der Waals surface area contributed by atoms with Gasteiger partial charge in [-0.2, -0.15) is 0 Å². The standard InChI is InChI=1S/C26H22ClFN2O3/c1-15(2)33-20-13-11-19(12-14-20)29-24-23(17-7-9-18(28)10-8-17)25(31)30(26(24)32)22-6-4-5-21(27)16(22)3/h4-15,29H,1-3H3. The Morgan fingerprint density at radius 2 is 1.61 bits per heavy atom. The largest absolute Gasteiger partial charge is 0.491 e. The van der Waals surface area contributed by atoms with Crippen LogP contribution in [0, 0.1) is 12.7 Å². The molecule has 1 heterocycles. The summed E-state index contributed by atoms with van der Waals surface area (Å²) in [5.41, 5.74) is 2.29. The summed E-state index contributed by atoms with van der Waals surface area (Å²) in [6.07, 6.45) is 0.0279. The van der Waals surface area contributed by atoms with E-state index in [2.05, 4.69) is 5.32 Å². The Labute approximate surface area is 196 Å². The maximum atomic E-state index is 13.5. The van der Waals surface area contributed by atoms with Gasteiger partial charge in [0.2, 0.25) is 0 Å². The van der Waals surface area contributed by atoms with Crippen LogP contribution in [0.2, 0.25) is 5.02 Å². The molecule has 1 aliphatic heterocycles. The summed E-state index contributed by atoms with van der Waals surface area (Å²) in [7, 11) is 0. The molecular weight excluding hydrogens is 443 g/mol. The molecule has 0 atom stereocenters. The number of hydrogen-bond acceptors (Lipinski definition) is 4. The molecule has 4 rings (SSSR count). The van der Waals surface area contributed by atoms with Gasteiger partial charge in [0.25, 0.3) is 11.8 Å². The molecule has 3 aromatic rings. The van der Waals surface area contributed by atoms with E-state index in [1.54, 1.807) is 49.4 Å². The van der Waals surface area contributed by atoms with Gasteiger partial charge in [-0.15, -0.1) is 0 Å². The summed E-state index contributed by atoms with van der Waals surface area (Å²) in [5, 5.41) is 3.53. The first-order valence-electron chi connectivity index (χ1n) is 10.4. The number of carbonyl (C=O) groups excluding carboxylic acids is 2. The molecule has 5 nitrogen and oxygen atoms in total. The van der Waals surface area contributed by atoms with E-state index in [1.807, 2.05) is 13.8 Å². The summed E-state index contributed by atoms with van der Waals surface area (Å²) in [6.45, 7) is 5.61. The van der Waals surface area contributed by atoms with E-state index in [-0.39, 0.29) is 17.4 Å². The van der Waals surface area contributed by atoms with E-state index < -0.39 is 17.6 Å². The van der Waals surface area contributed by atoms with E-state index in [0.29, 0.717) is 33.3 Å². The van der Waals surface area contributed by atoms with Crippen molar-refractivity contribution in [2.75, 3.05) is 10.2 Å². The first-order valence-corrected chi connectivity index (χ1v) is 10.8. The summed E-state index contributed by atoms with van der Waals surface area (Å²) < 4.78 is 19.2. The van der Waals surface area contributed by atoms with Crippen LogP contribution in [0.3, 0.4) is 0 Å². The van der Waals surface area contributed by atoms with Crippen LogP contribution < -0.4 is 15.0 Å². The molecule has 3 aromatic carbocycles.